The zero-order chi connectivity index (χ0) is 13.4. The number of aromatic nitrogens is 3. The molecule has 3 aromatic rings. The monoisotopic (exact) mass is 288 g/mol. The number of aryl methyl sites for hydroxylation is 2. The van der Waals surface area contributed by atoms with E-state index in [1.807, 2.05) is 6.07 Å². The number of anilines is 1. The van der Waals surface area contributed by atoms with Gasteiger partial charge in [0.25, 0.3) is 0 Å². The van der Waals surface area contributed by atoms with Crippen molar-refractivity contribution in [2.75, 3.05) is 5.73 Å². The molecule has 3 heterocycles. The quantitative estimate of drug-likeness (QED) is 0.732. The van der Waals surface area contributed by atoms with Crippen LogP contribution in [0.3, 0.4) is 0 Å². The molecule has 3 aromatic heterocycles. The molecule has 0 aliphatic rings. The largest absolute Gasteiger partial charge is 0.397 e. The van der Waals surface area contributed by atoms with Crippen LogP contribution in [0.2, 0.25) is 0 Å². The zero-order valence-electron chi connectivity index (χ0n) is 10.5. The highest BCUT2D eigenvalue weighted by Crippen LogP contribution is 2.38. The SMILES string of the molecule is Cc1sc2ncnc(Sc3ccncc3N)c2c1C. The van der Waals surface area contributed by atoms with E-state index in [0.29, 0.717) is 5.69 Å². The van der Waals surface area contributed by atoms with Gasteiger partial charge >= 0.3 is 0 Å². The lowest BCUT2D eigenvalue weighted by Gasteiger charge is -2.05. The van der Waals surface area contributed by atoms with Gasteiger partial charge in [-0.15, -0.1) is 11.3 Å². The first-order valence-corrected chi connectivity index (χ1v) is 7.38. The molecule has 0 atom stereocenters. The lowest BCUT2D eigenvalue weighted by Crippen LogP contribution is -1.91. The predicted octanol–water partition coefficient (Wildman–Crippen LogP) is 3.44. The molecule has 19 heavy (non-hydrogen) atoms. The minimum Gasteiger partial charge on any atom is -0.397 e. The van der Waals surface area contributed by atoms with Crippen LogP contribution in [-0.2, 0) is 0 Å². The molecule has 6 heteroatoms. The Morgan fingerprint density at radius 3 is 2.89 bits per heavy atom. The van der Waals surface area contributed by atoms with Gasteiger partial charge < -0.3 is 5.73 Å². The Morgan fingerprint density at radius 2 is 2.11 bits per heavy atom. The molecule has 4 nitrogen and oxygen atoms in total. The number of pyridine rings is 1. The van der Waals surface area contributed by atoms with E-state index in [4.69, 9.17) is 5.73 Å². The highest BCUT2D eigenvalue weighted by Gasteiger charge is 2.13. The maximum Gasteiger partial charge on any atom is 0.128 e. The van der Waals surface area contributed by atoms with Crippen LogP contribution in [0.4, 0.5) is 5.69 Å². The second-order valence-electron chi connectivity index (χ2n) is 4.16. The lowest BCUT2D eigenvalue weighted by molar-refractivity contribution is 1.10. The van der Waals surface area contributed by atoms with Gasteiger partial charge in [0.1, 0.15) is 16.2 Å². The van der Waals surface area contributed by atoms with Crippen molar-refractivity contribution in [3.63, 3.8) is 0 Å². The molecule has 0 amide bonds. The minimum absolute atomic E-state index is 0.670. The van der Waals surface area contributed by atoms with Gasteiger partial charge in [-0.3, -0.25) is 4.98 Å². The summed E-state index contributed by atoms with van der Waals surface area (Å²) in [5, 5.41) is 2.08. The number of hydrogen-bond acceptors (Lipinski definition) is 6. The summed E-state index contributed by atoms with van der Waals surface area (Å²) < 4.78 is 0. The summed E-state index contributed by atoms with van der Waals surface area (Å²) in [7, 11) is 0. The molecule has 0 aliphatic carbocycles. The lowest BCUT2D eigenvalue weighted by atomic mass is 10.2. The first-order valence-electron chi connectivity index (χ1n) is 5.75. The third kappa shape index (κ3) is 2.17. The number of nitrogens with zero attached hydrogens (tertiary/aromatic N) is 3. The fourth-order valence-corrected chi connectivity index (χ4v) is 3.84. The van der Waals surface area contributed by atoms with Crippen molar-refractivity contribution in [3.8, 4) is 0 Å². The molecule has 0 unspecified atom stereocenters. The van der Waals surface area contributed by atoms with Gasteiger partial charge in [-0.25, -0.2) is 9.97 Å². The number of nitrogen functional groups attached to an aromatic ring is 1. The van der Waals surface area contributed by atoms with Crippen LogP contribution in [0.15, 0.2) is 34.7 Å². The summed E-state index contributed by atoms with van der Waals surface area (Å²) in [4.78, 5) is 16.0. The van der Waals surface area contributed by atoms with Crippen LogP contribution in [0.1, 0.15) is 10.4 Å². The number of fused-ring (bicyclic) bond motifs is 1. The van der Waals surface area contributed by atoms with Gasteiger partial charge in [0, 0.05) is 21.4 Å². The second kappa shape index (κ2) is 4.79. The van der Waals surface area contributed by atoms with E-state index in [2.05, 4.69) is 28.8 Å². The van der Waals surface area contributed by atoms with E-state index in [1.165, 1.54) is 10.4 Å². The Bertz CT molecular complexity index is 751. The molecule has 0 saturated carbocycles. The van der Waals surface area contributed by atoms with Crippen LogP contribution in [-0.4, -0.2) is 15.0 Å². The van der Waals surface area contributed by atoms with Crippen molar-refractivity contribution in [1.29, 1.82) is 0 Å². The Balaban J connectivity index is 2.13. The Kier molecular flexibility index (Phi) is 3.12. The third-order valence-electron chi connectivity index (χ3n) is 2.95. The van der Waals surface area contributed by atoms with Gasteiger partial charge in [0.2, 0.25) is 0 Å². The highest BCUT2D eigenvalue weighted by atomic mass is 32.2. The molecule has 96 valence electrons. The fourth-order valence-electron chi connectivity index (χ4n) is 1.82. The Hall–Kier alpha value is -1.66. The number of hydrogen-bond donors (Lipinski definition) is 1. The summed E-state index contributed by atoms with van der Waals surface area (Å²) in [5.41, 5.74) is 7.85. The molecule has 2 N–H and O–H groups in total. The number of thiophene rings is 1. The summed E-state index contributed by atoms with van der Waals surface area (Å²) in [6.45, 7) is 4.22. The maximum atomic E-state index is 5.93. The van der Waals surface area contributed by atoms with E-state index >= 15 is 0 Å². The number of nitrogens with two attached hydrogens (primary N) is 1. The zero-order valence-corrected chi connectivity index (χ0v) is 12.2. The standard InChI is InChI=1S/C13H12N4S2/c1-7-8(2)18-12-11(7)13(17-6-16-12)19-10-3-4-15-5-9(10)14/h3-6H,14H2,1-2H3. The molecule has 0 saturated heterocycles. The van der Waals surface area contributed by atoms with Gasteiger partial charge in [0.15, 0.2) is 0 Å². The van der Waals surface area contributed by atoms with Crippen LogP contribution in [0.5, 0.6) is 0 Å². The third-order valence-corrected chi connectivity index (χ3v) is 5.16. The maximum absolute atomic E-state index is 5.93. The van der Waals surface area contributed by atoms with Crippen molar-refractivity contribution in [2.45, 2.75) is 23.8 Å². The summed E-state index contributed by atoms with van der Waals surface area (Å²) >= 11 is 3.26. The molecule has 0 bridgehead atoms. The summed E-state index contributed by atoms with van der Waals surface area (Å²) in [5.74, 6) is 0. The van der Waals surface area contributed by atoms with Crippen molar-refractivity contribution < 1.29 is 0 Å². The Morgan fingerprint density at radius 1 is 1.26 bits per heavy atom. The molecule has 0 spiro atoms. The highest BCUT2D eigenvalue weighted by molar-refractivity contribution is 7.99. The first-order chi connectivity index (χ1) is 9.16. The molecule has 0 aromatic carbocycles. The minimum atomic E-state index is 0.670. The molecule has 0 aliphatic heterocycles. The van der Waals surface area contributed by atoms with Crippen molar-refractivity contribution in [2.24, 2.45) is 0 Å². The van der Waals surface area contributed by atoms with Crippen molar-refractivity contribution >= 4 is 39.0 Å². The first kappa shape index (κ1) is 12.4. The van der Waals surface area contributed by atoms with Gasteiger partial charge in [-0.2, -0.15) is 0 Å². The van der Waals surface area contributed by atoms with E-state index in [1.54, 1.807) is 41.8 Å². The average Bonchev–Trinajstić information content (AvgIpc) is 2.69. The van der Waals surface area contributed by atoms with Crippen LogP contribution in [0, 0.1) is 13.8 Å². The van der Waals surface area contributed by atoms with E-state index in [-0.39, 0.29) is 0 Å². The smallest absolute Gasteiger partial charge is 0.128 e. The van der Waals surface area contributed by atoms with Gasteiger partial charge in [-0.05, 0) is 25.5 Å². The average molecular weight is 288 g/mol. The normalized spacial score (nSPS) is 11.1. The van der Waals surface area contributed by atoms with Crippen molar-refractivity contribution in [3.05, 3.63) is 35.2 Å². The van der Waals surface area contributed by atoms with E-state index < -0.39 is 0 Å². The van der Waals surface area contributed by atoms with Crippen molar-refractivity contribution in [1.82, 2.24) is 15.0 Å². The van der Waals surface area contributed by atoms with Crippen LogP contribution >= 0.6 is 23.1 Å². The van der Waals surface area contributed by atoms with E-state index in [0.717, 1.165) is 20.1 Å². The van der Waals surface area contributed by atoms with E-state index in [9.17, 15) is 0 Å². The predicted molar refractivity (Wildman–Crippen MR) is 79.7 cm³/mol. The van der Waals surface area contributed by atoms with Gasteiger partial charge in [0.05, 0.1) is 11.9 Å². The summed E-state index contributed by atoms with van der Waals surface area (Å²) in [6.07, 6.45) is 5.01. The molecular formula is C13H12N4S2. The summed E-state index contributed by atoms with van der Waals surface area (Å²) in [6, 6.07) is 1.91. The molecule has 0 radical (unpaired) electrons. The molecule has 3 rings (SSSR count). The fraction of sp³-hybridized carbons (Fsp3) is 0.154. The van der Waals surface area contributed by atoms with Crippen LogP contribution in [0.25, 0.3) is 10.2 Å². The van der Waals surface area contributed by atoms with Gasteiger partial charge in [-0.1, -0.05) is 11.8 Å². The molecular weight excluding hydrogens is 276 g/mol. The second-order valence-corrected chi connectivity index (χ2v) is 6.39. The molecule has 0 fully saturated rings. The Labute approximate surface area is 119 Å². The topological polar surface area (TPSA) is 64.7 Å². The number of rotatable bonds is 2. The van der Waals surface area contributed by atoms with Crippen LogP contribution < -0.4 is 5.73 Å².